The zero-order chi connectivity index (χ0) is 21.1. The van der Waals surface area contributed by atoms with E-state index in [1.807, 2.05) is 22.6 Å². The van der Waals surface area contributed by atoms with Crippen LogP contribution in [0.5, 0.6) is 0 Å². The van der Waals surface area contributed by atoms with Crippen molar-refractivity contribution in [1.29, 1.82) is 0 Å². The van der Waals surface area contributed by atoms with Crippen LogP contribution in [0.1, 0.15) is 24.2 Å². The summed E-state index contributed by atoms with van der Waals surface area (Å²) in [5.41, 5.74) is 0.708. The summed E-state index contributed by atoms with van der Waals surface area (Å²) in [6, 6.07) is 6.39. The summed E-state index contributed by atoms with van der Waals surface area (Å²) < 4.78 is 28.7. The number of anilines is 2. The number of rotatable bonds is 7. The maximum atomic E-state index is 14.1. The number of hydrogen-bond acceptors (Lipinski definition) is 5. The molecule has 0 aliphatic rings. The van der Waals surface area contributed by atoms with Gasteiger partial charge in [0.25, 0.3) is 5.91 Å². The monoisotopic (exact) mass is 526 g/mol. The molecule has 0 heterocycles. The molecule has 10 heteroatoms. The Morgan fingerprint density at radius 3 is 2.54 bits per heavy atom. The van der Waals surface area contributed by atoms with E-state index in [-0.39, 0.29) is 22.0 Å². The second-order valence-electron chi connectivity index (χ2n) is 6.40. The fourth-order valence-corrected chi connectivity index (χ4v) is 2.71. The fraction of sp³-hybridized carbons (Fsp3) is 0.278. The lowest BCUT2D eigenvalue weighted by Gasteiger charge is -2.28. The summed E-state index contributed by atoms with van der Waals surface area (Å²) in [5.74, 6) is -2.20. The Hall–Kier alpha value is -1.53. The van der Waals surface area contributed by atoms with Crippen LogP contribution < -0.4 is 10.8 Å². The SMILES string of the molecule is CC(C)(ONC(=O)c1cc(Cl)c(F)cc1Nc1ccc(I)cc1F)C(O)CO. The number of amides is 1. The average Bonchev–Trinajstić information content (AvgIpc) is 2.64. The van der Waals surface area contributed by atoms with E-state index in [1.54, 1.807) is 6.07 Å². The average molecular weight is 527 g/mol. The Kier molecular flexibility index (Phi) is 7.57. The van der Waals surface area contributed by atoms with Crippen LogP contribution in [0, 0.1) is 15.2 Å². The molecule has 1 amide bonds. The molecule has 4 N–H and O–H groups in total. The molecule has 152 valence electrons. The van der Waals surface area contributed by atoms with Gasteiger partial charge in [0.1, 0.15) is 23.3 Å². The number of carbonyl (C=O) groups excluding carboxylic acids is 1. The third kappa shape index (κ3) is 5.51. The highest BCUT2D eigenvalue weighted by molar-refractivity contribution is 14.1. The molecule has 6 nitrogen and oxygen atoms in total. The quantitative estimate of drug-likeness (QED) is 0.326. The van der Waals surface area contributed by atoms with Crippen molar-refractivity contribution < 1.29 is 28.6 Å². The molecule has 0 saturated heterocycles. The smallest absolute Gasteiger partial charge is 0.277 e. The molecule has 2 aromatic carbocycles. The first kappa shape index (κ1) is 22.8. The minimum Gasteiger partial charge on any atom is -0.394 e. The van der Waals surface area contributed by atoms with E-state index in [2.05, 4.69) is 10.8 Å². The van der Waals surface area contributed by atoms with Gasteiger partial charge in [-0.25, -0.2) is 14.3 Å². The van der Waals surface area contributed by atoms with E-state index in [4.69, 9.17) is 21.5 Å². The van der Waals surface area contributed by atoms with E-state index in [9.17, 15) is 18.7 Å². The largest absolute Gasteiger partial charge is 0.394 e. The number of aliphatic hydroxyl groups excluding tert-OH is 2. The van der Waals surface area contributed by atoms with E-state index < -0.39 is 35.9 Å². The minimum atomic E-state index is -1.30. The van der Waals surface area contributed by atoms with Gasteiger partial charge in [-0.2, -0.15) is 0 Å². The Labute approximate surface area is 178 Å². The number of nitrogens with one attached hydrogen (secondary N) is 2. The summed E-state index contributed by atoms with van der Waals surface area (Å²) in [5, 5.41) is 21.1. The second kappa shape index (κ2) is 9.31. The predicted molar refractivity (Wildman–Crippen MR) is 110 cm³/mol. The summed E-state index contributed by atoms with van der Waals surface area (Å²) in [7, 11) is 0. The van der Waals surface area contributed by atoms with Crippen molar-refractivity contribution in [1.82, 2.24) is 5.48 Å². The molecule has 0 fully saturated rings. The van der Waals surface area contributed by atoms with Crippen molar-refractivity contribution in [2.45, 2.75) is 25.6 Å². The number of hydrogen-bond donors (Lipinski definition) is 4. The first-order chi connectivity index (χ1) is 13.0. The molecular formula is C18H18ClF2IN2O4. The molecule has 0 saturated carbocycles. The van der Waals surface area contributed by atoms with Crippen LogP contribution in [-0.4, -0.2) is 34.4 Å². The van der Waals surface area contributed by atoms with Gasteiger partial charge >= 0.3 is 0 Å². The highest BCUT2D eigenvalue weighted by atomic mass is 127. The highest BCUT2D eigenvalue weighted by Gasteiger charge is 2.30. The standard InChI is InChI=1S/C18H18ClF2IN2O4/c1-18(2,16(26)8-25)28-24-17(27)10-6-11(19)12(20)7-15(10)23-14-4-3-9(22)5-13(14)21/h3-7,16,23,25-26H,8H2,1-2H3,(H,24,27). The van der Waals surface area contributed by atoms with E-state index in [0.29, 0.717) is 3.57 Å². The van der Waals surface area contributed by atoms with Crippen molar-refractivity contribution in [2.24, 2.45) is 0 Å². The summed E-state index contributed by atoms with van der Waals surface area (Å²) in [6.45, 7) is 2.32. The minimum absolute atomic E-state index is 0.0353. The van der Waals surface area contributed by atoms with Gasteiger partial charge in [0, 0.05) is 3.57 Å². The van der Waals surface area contributed by atoms with Gasteiger partial charge in [0.05, 0.1) is 28.6 Å². The van der Waals surface area contributed by atoms with Crippen LogP contribution in [0.4, 0.5) is 20.2 Å². The lowest BCUT2D eigenvalue weighted by atomic mass is 10.0. The second-order valence-corrected chi connectivity index (χ2v) is 8.05. The predicted octanol–water partition coefficient (Wildman–Crippen LogP) is 3.76. The molecule has 0 bridgehead atoms. The van der Waals surface area contributed by atoms with Crippen molar-refractivity contribution >= 4 is 51.5 Å². The first-order valence-electron chi connectivity index (χ1n) is 8.03. The topological polar surface area (TPSA) is 90.8 Å². The molecule has 2 rings (SSSR count). The third-order valence-corrected chi connectivity index (χ3v) is 4.85. The van der Waals surface area contributed by atoms with Crippen molar-refractivity contribution in [2.75, 3.05) is 11.9 Å². The van der Waals surface area contributed by atoms with Gasteiger partial charge in [0.2, 0.25) is 0 Å². The lowest BCUT2D eigenvalue weighted by molar-refractivity contribution is -0.144. The highest BCUT2D eigenvalue weighted by Crippen LogP contribution is 2.29. The summed E-state index contributed by atoms with van der Waals surface area (Å²) in [6.07, 6.45) is -1.26. The number of hydroxylamine groups is 1. The van der Waals surface area contributed by atoms with Crippen molar-refractivity contribution in [3.63, 3.8) is 0 Å². The first-order valence-corrected chi connectivity index (χ1v) is 9.49. The Morgan fingerprint density at radius 2 is 1.93 bits per heavy atom. The summed E-state index contributed by atoms with van der Waals surface area (Å²) in [4.78, 5) is 17.7. The van der Waals surface area contributed by atoms with Gasteiger partial charge in [-0.3, -0.25) is 9.63 Å². The van der Waals surface area contributed by atoms with Gasteiger partial charge < -0.3 is 15.5 Å². The van der Waals surface area contributed by atoms with Gasteiger partial charge in [-0.15, -0.1) is 0 Å². The Bertz CT molecular complexity index is 883. The maximum absolute atomic E-state index is 14.1. The molecule has 0 spiro atoms. The molecule has 1 unspecified atom stereocenters. The molecule has 2 aromatic rings. The lowest BCUT2D eigenvalue weighted by Crippen LogP contribution is -2.46. The zero-order valence-corrected chi connectivity index (χ0v) is 17.8. The summed E-state index contributed by atoms with van der Waals surface area (Å²) >= 11 is 7.72. The van der Waals surface area contributed by atoms with Crippen LogP contribution in [-0.2, 0) is 4.84 Å². The molecular weight excluding hydrogens is 509 g/mol. The number of carbonyl (C=O) groups is 1. The van der Waals surface area contributed by atoms with Crippen LogP contribution in [0.25, 0.3) is 0 Å². The molecule has 0 aliphatic carbocycles. The third-order valence-electron chi connectivity index (χ3n) is 3.89. The van der Waals surface area contributed by atoms with Crippen molar-refractivity contribution in [3.05, 3.63) is 56.1 Å². The van der Waals surface area contributed by atoms with Crippen LogP contribution in [0.3, 0.4) is 0 Å². The van der Waals surface area contributed by atoms with Crippen LogP contribution >= 0.6 is 34.2 Å². The van der Waals surface area contributed by atoms with Gasteiger partial charge in [-0.05, 0) is 66.8 Å². The van der Waals surface area contributed by atoms with E-state index >= 15 is 0 Å². The zero-order valence-electron chi connectivity index (χ0n) is 14.9. The van der Waals surface area contributed by atoms with Crippen molar-refractivity contribution in [3.8, 4) is 0 Å². The van der Waals surface area contributed by atoms with Crippen LogP contribution in [0.15, 0.2) is 30.3 Å². The van der Waals surface area contributed by atoms with E-state index in [0.717, 1.165) is 12.1 Å². The Balaban J connectivity index is 2.30. The fourth-order valence-electron chi connectivity index (χ4n) is 2.09. The number of halogens is 4. The molecule has 0 radical (unpaired) electrons. The van der Waals surface area contributed by atoms with E-state index in [1.165, 1.54) is 26.0 Å². The molecule has 0 aromatic heterocycles. The molecule has 1 atom stereocenters. The Morgan fingerprint density at radius 1 is 1.25 bits per heavy atom. The van der Waals surface area contributed by atoms with Gasteiger partial charge in [-0.1, -0.05) is 11.6 Å². The molecule has 0 aliphatic heterocycles. The van der Waals surface area contributed by atoms with Gasteiger partial charge in [0.15, 0.2) is 0 Å². The normalized spacial score (nSPS) is 12.6. The maximum Gasteiger partial charge on any atom is 0.277 e. The van der Waals surface area contributed by atoms with Crippen LogP contribution in [0.2, 0.25) is 5.02 Å². The molecule has 28 heavy (non-hydrogen) atoms. The number of benzene rings is 2. The number of aliphatic hydroxyl groups is 2.